The summed E-state index contributed by atoms with van der Waals surface area (Å²) in [5.41, 5.74) is 5.58. The number of nitrogens with zero attached hydrogens (tertiary/aromatic N) is 1. The molecule has 1 amide bonds. The minimum Gasteiger partial charge on any atom is -0.399 e. The number of nitrogen functional groups attached to an aromatic ring is 1. The third-order valence-corrected chi connectivity index (χ3v) is 4.46. The average molecular weight is 319 g/mol. The van der Waals surface area contributed by atoms with Gasteiger partial charge in [0.2, 0.25) is 15.9 Å². The van der Waals surface area contributed by atoms with Gasteiger partial charge in [-0.3, -0.25) is 4.79 Å². The lowest BCUT2D eigenvalue weighted by Gasteiger charge is -2.17. The number of carbonyl (C=O) groups is 1. The van der Waals surface area contributed by atoms with Gasteiger partial charge in [-0.1, -0.05) is 0 Å². The normalized spacial score (nSPS) is 11.6. The quantitative estimate of drug-likeness (QED) is 0.535. The largest absolute Gasteiger partial charge is 0.399 e. The molecule has 0 saturated heterocycles. The SMILES string of the molecule is COCCNC(=O)CN(C)S(=O)(=O)c1cc(N)ccc1F. The Bertz CT molecular complexity index is 607. The number of nitrogens with two attached hydrogens (primary N) is 1. The molecule has 1 rings (SSSR count). The van der Waals surface area contributed by atoms with Gasteiger partial charge in [0.1, 0.15) is 10.7 Å². The molecule has 0 aliphatic carbocycles. The number of rotatable bonds is 7. The molecule has 0 unspecified atom stereocenters. The van der Waals surface area contributed by atoms with Crippen LogP contribution in [0.15, 0.2) is 23.1 Å². The van der Waals surface area contributed by atoms with Crippen LogP contribution in [0, 0.1) is 5.82 Å². The van der Waals surface area contributed by atoms with Crippen LogP contribution in [0.5, 0.6) is 0 Å². The van der Waals surface area contributed by atoms with Gasteiger partial charge in [0.05, 0.1) is 13.2 Å². The van der Waals surface area contributed by atoms with E-state index < -0.39 is 33.2 Å². The molecule has 0 atom stereocenters. The molecular formula is C12H18FN3O4S. The first kappa shape index (κ1) is 17.3. The van der Waals surface area contributed by atoms with Crippen molar-refractivity contribution in [3.63, 3.8) is 0 Å². The van der Waals surface area contributed by atoms with Crippen LogP contribution in [0.1, 0.15) is 0 Å². The first-order valence-electron chi connectivity index (χ1n) is 6.06. The number of nitrogens with one attached hydrogen (secondary N) is 1. The predicted molar refractivity (Wildman–Crippen MR) is 75.5 cm³/mol. The number of hydrogen-bond donors (Lipinski definition) is 2. The summed E-state index contributed by atoms with van der Waals surface area (Å²) >= 11 is 0. The molecule has 7 nitrogen and oxygen atoms in total. The maximum absolute atomic E-state index is 13.6. The first-order chi connectivity index (χ1) is 9.78. The molecule has 0 aromatic heterocycles. The maximum atomic E-state index is 13.6. The number of sulfonamides is 1. The molecule has 9 heteroatoms. The van der Waals surface area contributed by atoms with Crippen LogP contribution < -0.4 is 11.1 Å². The summed E-state index contributed by atoms with van der Waals surface area (Å²) < 4.78 is 43.5. The molecule has 0 saturated carbocycles. The van der Waals surface area contributed by atoms with Gasteiger partial charge in [-0.25, -0.2) is 12.8 Å². The van der Waals surface area contributed by atoms with E-state index in [9.17, 15) is 17.6 Å². The molecule has 0 aliphatic rings. The number of amides is 1. The Balaban J connectivity index is 2.82. The highest BCUT2D eigenvalue weighted by Gasteiger charge is 2.26. The molecule has 1 aromatic carbocycles. The van der Waals surface area contributed by atoms with Gasteiger partial charge in [-0.05, 0) is 18.2 Å². The molecule has 0 bridgehead atoms. The zero-order chi connectivity index (χ0) is 16.0. The molecule has 118 valence electrons. The van der Waals surface area contributed by atoms with E-state index in [0.717, 1.165) is 16.4 Å². The van der Waals surface area contributed by atoms with Crippen molar-refractivity contribution in [3.8, 4) is 0 Å². The van der Waals surface area contributed by atoms with Gasteiger partial charge in [0.15, 0.2) is 0 Å². The van der Waals surface area contributed by atoms with Crippen molar-refractivity contribution in [3.05, 3.63) is 24.0 Å². The molecule has 0 spiro atoms. The van der Waals surface area contributed by atoms with Crippen molar-refractivity contribution in [1.82, 2.24) is 9.62 Å². The predicted octanol–water partition coefficient (Wildman–Crippen LogP) is -0.209. The maximum Gasteiger partial charge on any atom is 0.246 e. The van der Waals surface area contributed by atoms with Gasteiger partial charge < -0.3 is 15.8 Å². The molecule has 0 fully saturated rings. The Kier molecular flexibility index (Phi) is 6.06. The Morgan fingerprint density at radius 3 is 2.76 bits per heavy atom. The summed E-state index contributed by atoms with van der Waals surface area (Å²) in [5.74, 6) is -1.43. The summed E-state index contributed by atoms with van der Waals surface area (Å²) in [4.78, 5) is 11.0. The van der Waals surface area contributed by atoms with Crippen molar-refractivity contribution < 1.29 is 22.3 Å². The van der Waals surface area contributed by atoms with Crippen molar-refractivity contribution in [2.45, 2.75) is 4.90 Å². The van der Waals surface area contributed by atoms with E-state index in [-0.39, 0.29) is 12.2 Å². The second-order valence-electron chi connectivity index (χ2n) is 4.29. The number of carbonyl (C=O) groups excluding carboxylic acids is 1. The first-order valence-corrected chi connectivity index (χ1v) is 7.50. The number of likely N-dealkylation sites (N-methyl/N-ethyl adjacent to an activating group) is 1. The van der Waals surface area contributed by atoms with Gasteiger partial charge in [-0.15, -0.1) is 0 Å². The van der Waals surface area contributed by atoms with Crippen molar-refractivity contribution >= 4 is 21.6 Å². The minimum absolute atomic E-state index is 0.118. The number of benzene rings is 1. The summed E-state index contributed by atoms with van der Waals surface area (Å²) in [7, 11) is -1.47. The summed E-state index contributed by atoms with van der Waals surface area (Å²) in [5, 5.41) is 2.48. The lowest BCUT2D eigenvalue weighted by atomic mass is 10.3. The number of halogens is 1. The number of anilines is 1. The zero-order valence-corrected chi connectivity index (χ0v) is 12.6. The molecule has 0 aliphatic heterocycles. The van der Waals surface area contributed by atoms with Crippen LogP contribution in [0.25, 0.3) is 0 Å². The van der Waals surface area contributed by atoms with E-state index in [1.54, 1.807) is 0 Å². The highest BCUT2D eigenvalue weighted by Crippen LogP contribution is 2.20. The average Bonchev–Trinajstić information content (AvgIpc) is 2.41. The third kappa shape index (κ3) is 4.66. The Labute approximate surface area is 122 Å². The lowest BCUT2D eigenvalue weighted by molar-refractivity contribution is -0.121. The topological polar surface area (TPSA) is 102 Å². The van der Waals surface area contributed by atoms with Gasteiger partial charge >= 0.3 is 0 Å². The van der Waals surface area contributed by atoms with Crippen LogP contribution in [0.2, 0.25) is 0 Å². The molecule has 0 radical (unpaired) electrons. The number of ether oxygens (including phenoxy) is 1. The van der Waals surface area contributed by atoms with E-state index in [0.29, 0.717) is 6.61 Å². The molecular weight excluding hydrogens is 301 g/mol. The Morgan fingerprint density at radius 2 is 2.14 bits per heavy atom. The molecule has 21 heavy (non-hydrogen) atoms. The fraction of sp³-hybridized carbons (Fsp3) is 0.417. The minimum atomic E-state index is -4.13. The Hall–Kier alpha value is -1.71. The fourth-order valence-electron chi connectivity index (χ4n) is 1.52. The van der Waals surface area contributed by atoms with Gasteiger partial charge in [-0.2, -0.15) is 4.31 Å². The van der Waals surface area contributed by atoms with E-state index >= 15 is 0 Å². The van der Waals surface area contributed by atoms with E-state index in [1.165, 1.54) is 20.2 Å². The summed E-state index contributed by atoms with van der Waals surface area (Å²) in [6.07, 6.45) is 0. The van der Waals surface area contributed by atoms with Crippen molar-refractivity contribution in [2.24, 2.45) is 0 Å². The molecule has 0 heterocycles. The van der Waals surface area contributed by atoms with Crippen molar-refractivity contribution in [1.29, 1.82) is 0 Å². The summed E-state index contributed by atoms with van der Waals surface area (Å²) in [6.45, 7) is 0.141. The molecule has 1 aromatic rings. The summed E-state index contributed by atoms with van der Waals surface area (Å²) in [6, 6.07) is 3.24. The number of methoxy groups -OCH3 is 1. The second-order valence-corrected chi connectivity index (χ2v) is 6.31. The van der Waals surface area contributed by atoms with Gasteiger partial charge in [0.25, 0.3) is 0 Å². The van der Waals surface area contributed by atoms with Gasteiger partial charge in [0, 0.05) is 26.4 Å². The highest BCUT2D eigenvalue weighted by atomic mass is 32.2. The highest BCUT2D eigenvalue weighted by molar-refractivity contribution is 7.89. The zero-order valence-electron chi connectivity index (χ0n) is 11.8. The monoisotopic (exact) mass is 319 g/mol. The van der Waals surface area contributed by atoms with E-state index in [1.807, 2.05) is 0 Å². The van der Waals surface area contributed by atoms with Crippen LogP contribution in [0.4, 0.5) is 10.1 Å². The standard InChI is InChI=1S/C12H18FN3O4S/c1-16(8-12(17)15-5-6-20-2)21(18,19)11-7-9(14)3-4-10(11)13/h3-4,7H,5-6,8,14H2,1-2H3,(H,15,17). The second kappa shape index (κ2) is 7.34. The van der Waals surface area contributed by atoms with E-state index in [2.05, 4.69) is 5.32 Å². The lowest BCUT2D eigenvalue weighted by Crippen LogP contribution is -2.39. The number of hydrogen-bond acceptors (Lipinski definition) is 5. The van der Waals surface area contributed by atoms with Crippen LogP contribution in [-0.4, -0.2) is 52.5 Å². The van der Waals surface area contributed by atoms with Crippen LogP contribution in [-0.2, 0) is 19.6 Å². The van der Waals surface area contributed by atoms with Crippen LogP contribution in [0.3, 0.4) is 0 Å². The molecule has 3 N–H and O–H groups in total. The van der Waals surface area contributed by atoms with Crippen LogP contribution >= 0.6 is 0 Å². The smallest absolute Gasteiger partial charge is 0.246 e. The van der Waals surface area contributed by atoms with E-state index in [4.69, 9.17) is 10.5 Å². The Morgan fingerprint density at radius 1 is 1.48 bits per heavy atom. The fourth-order valence-corrected chi connectivity index (χ4v) is 2.74. The van der Waals surface area contributed by atoms with Crippen molar-refractivity contribution in [2.75, 3.05) is 39.6 Å². The third-order valence-electron chi connectivity index (χ3n) is 2.64.